The number of nitrogens with one attached hydrogen (secondary N) is 1. The third kappa shape index (κ3) is 4.30. The first-order chi connectivity index (χ1) is 15.6. The van der Waals surface area contributed by atoms with E-state index in [4.69, 9.17) is 4.74 Å². The number of hydrogen-bond donors (Lipinski definition) is 1. The fraction of sp³-hybridized carbons (Fsp3) is 0.519. The van der Waals surface area contributed by atoms with Gasteiger partial charge in [0.15, 0.2) is 0 Å². The highest BCUT2D eigenvalue weighted by Crippen LogP contribution is 2.55. The maximum atomic E-state index is 13.4. The molecule has 4 aliphatic rings. The van der Waals surface area contributed by atoms with E-state index < -0.39 is 0 Å². The molecule has 4 bridgehead atoms. The zero-order chi connectivity index (χ0) is 22.1. The van der Waals surface area contributed by atoms with Crippen molar-refractivity contribution in [2.45, 2.75) is 57.2 Å². The molecule has 0 radical (unpaired) electrons. The number of aromatic nitrogens is 1. The molecule has 5 nitrogen and oxygen atoms in total. The van der Waals surface area contributed by atoms with Crippen LogP contribution in [-0.2, 0) is 13.1 Å². The van der Waals surface area contributed by atoms with E-state index in [9.17, 15) is 4.79 Å². The minimum absolute atomic E-state index is 0.0217. The van der Waals surface area contributed by atoms with Crippen LogP contribution in [0.15, 0.2) is 55.3 Å². The molecule has 2 amide bonds. The van der Waals surface area contributed by atoms with E-state index in [0.717, 1.165) is 35.7 Å². The van der Waals surface area contributed by atoms with Gasteiger partial charge in [0.25, 0.3) is 0 Å². The first-order valence-corrected chi connectivity index (χ1v) is 12.0. The minimum atomic E-state index is 0.0217. The highest BCUT2D eigenvalue weighted by molar-refractivity contribution is 5.75. The van der Waals surface area contributed by atoms with Gasteiger partial charge in [-0.1, -0.05) is 18.2 Å². The van der Waals surface area contributed by atoms with Crippen LogP contribution < -0.4 is 10.1 Å². The third-order valence-electron chi connectivity index (χ3n) is 7.81. The second kappa shape index (κ2) is 8.68. The Kier molecular flexibility index (Phi) is 5.75. The predicted octanol–water partition coefficient (Wildman–Crippen LogP) is 5.21. The molecule has 6 rings (SSSR count). The van der Waals surface area contributed by atoms with Gasteiger partial charge in [0.2, 0.25) is 0 Å². The SMILES string of the molecule is C=CCN(Cc1cccn1Cc1cccc(OC)c1)C(=O)NC12CC3CC(CC(C3)C1)C2. The number of hydrogen-bond acceptors (Lipinski definition) is 2. The van der Waals surface area contributed by atoms with Crippen LogP contribution in [0.5, 0.6) is 5.75 Å². The molecule has 0 spiro atoms. The largest absolute Gasteiger partial charge is 0.497 e. The van der Waals surface area contributed by atoms with Crippen LogP contribution in [-0.4, -0.2) is 34.7 Å². The summed E-state index contributed by atoms with van der Waals surface area (Å²) in [5, 5.41) is 3.52. The van der Waals surface area contributed by atoms with Crippen molar-refractivity contribution >= 4 is 6.03 Å². The smallest absolute Gasteiger partial charge is 0.318 e. The van der Waals surface area contributed by atoms with Gasteiger partial charge in [-0.25, -0.2) is 4.79 Å². The second-order valence-electron chi connectivity index (χ2n) is 10.3. The highest BCUT2D eigenvalue weighted by Gasteiger charge is 2.51. The zero-order valence-electron chi connectivity index (χ0n) is 19.1. The molecular formula is C27H35N3O2. The number of benzene rings is 1. The van der Waals surface area contributed by atoms with Gasteiger partial charge in [-0.3, -0.25) is 0 Å². The number of methoxy groups -OCH3 is 1. The standard InChI is InChI=1S/C27H35N3O2/c1-3-9-30(26(31)28-27-15-21-11-22(16-27)13-23(12-21)17-27)19-24-7-5-10-29(24)18-20-6-4-8-25(14-20)32-2/h3-8,10,14,21-23H,1,9,11-13,15-19H2,2H3,(H,28,31). The summed E-state index contributed by atoms with van der Waals surface area (Å²) in [4.78, 5) is 15.3. The Hall–Kier alpha value is -2.69. The van der Waals surface area contributed by atoms with Crippen molar-refractivity contribution < 1.29 is 9.53 Å². The molecule has 5 heteroatoms. The molecular weight excluding hydrogens is 398 g/mol. The third-order valence-corrected chi connectivity index (χ3v) is 7.81. The van der Waals surface area contributed by atoms with Crippen molar-refractivity contribution in [2.24, 2.45) is 17.8 Å². The molecule has 1 N–H and O–H groups in total. The summed E-state index contributed by atoms with van der Waals surface area (Å²) in [5.74, 6) is 3.30. The summed E-state index contributed by atoms with van der Waals surface area (Å²) in [5.41, 5.74) is 2.32. The summed E-state index contributed by atoms with van der Waals surface area (Å²) in [6.07, 6.45) is 11.5. The summed E-state index contributed by atoms with van der Waals surface area (Å²) < 4.78 is 7.58. The lowest BCUT2D eigenvalue weighted by atomic mass is 9.53. The lowest BCUT2D eigenvalue weighted by Crippen LogP contribution is -2.61. The van der Waals surface area contributed by atoms with Crippen molar-refractivity contribution in [1.29, 1.82) is 0 Å². The van der Waals surface area contributed by atoms with Crippen molar-refractivity contribution in [1.82, 2.24) is 14.8 Å². The van der Waals surface area contributed by atoms with Gasteiger partial charge in [0, 0.05) is 30.5 Å². The van der Waals surface area contributed by atoms with Gasteiger partial charge in [0.05, 0.1) is 13.7 Å². The van der Waals surface area contributed by atoms with Crippen LogP contribution in [0.1, 0.15) is 49.8 Å². The Morgan fingerprint density at radius 2 is 1.91 bits per heavy atom. The van der Waals surface area contributed by atoms with Crippen LogP contribution in [0.3, 0.4) is 0 Å². The van der Waals surface area contributed by atoms with Gasteiger partial charge in [0.1, 0.15) is 5.75 Å². The molecule has 2 aromatic rings. The van der Waals surface area contributed by atoms with Crippen LogP contribution in [0, 0.1) is 17.8 Å². The Labute approximate surface area is 191 Å². The number of urea groups is 1. The summed E-state index contributed by atoms with van der Waals surface area (Å²) in [7, 11) is 1.69. The normalized spacial score (nSPS) is 27.8. The van der Waals surface area contributed by atoms with Crippen molar-refractivity contribution in [3.8, 4) is 5.75 Å². The summed E-state index contributed by atoms with van der Waals surface area (Å²) in [6.45, 7) is 5.77. The van der Waals surface area contributed by atoms with Crippen molar-refractivity contribution in [3.63, 3.8) is 0 Å². The van der Waals surface area contributed by atoms with E-state index in [1.54, 1.807) is 7.11 Å². The van der Waals surface area contributed by atoms with E-state index in [1.807, 2.05) is 23.1 Å². The van der Waals surface area contributed by atoms with E-state index in [1.165, 1.54) is 44.1 Å². The van der Waals surface area contributed by atoms with Gasteiger partial charge < -0.3 is 19.5 Å². The highest BCUT2D eigenvalue weighted by atomic mass is 16.5. The molecule has 170 valence electrons. The number of nitrogens with zero attached hydrogens (tertiary/aromatic N) is 2. The first-order valence-electron chi connectivity index (χ1n) is 12.0. The van der Waals surface area contributed by atoms with Gasteiger partial charge in [-0.2, -0.15) is 0 Å². The zero-order valence-corrected chi connectivity index (χ0v) is 19.1. The number of rotatable bonds is 8. The summed E-state index contributed by atoms with van der Waals surface area (Å²) >= 11 is 0. The number of amides is 2. The molecule has 4 aliphatic carbocycles. The van der Waals surface area contributed by atoms with Crippen molar-refractivity contribution in [3.05, 3.63) is 66.5 Å². The topological polar surface area (TPSA) is 46.5 Å². The number of ether oxygens (including phenoxy) is 1. The fourth-order valence-corrected chi connectivity index (χ4v) is 6.86. The molecule has 0 unspecified atom stereocenters. The Morgan fingerprint density at radius 3 is 2.56 bits per heavy atom. The molecule has 1 aromatic carbocycles. The van der Waals surface area contributed by atoms with E-state index in [-0.39, 0.29) is 11.6 Å². The monoisotopic (exact) mass is 433 g/mol. The predicted molar refractivity (Wildman–Crippen MR) is 127 cm³/mol. The van der Waals surface area contributed by atoms with Crippen LogP contribution in [0.4, 0.5) is 4.79 Å². The lowest BCUT2D eigenvalue weighted by Gasteiger charge is -2.57. The Bertz CT molecular complexity index is 944. The van der Waals surface area contributed by atoms with Crippen LogP contribution >= 0.6 is 0 Å². The van der Waals surface area contributed by atoms with E-state index >= 15 is 0 Å². The lowest BCUT2D eigenvalue weighted by molar-refractivity contribution is -0.0156. The molecule has 4 saturated carbocycles. The average Bonchev–Trinajstić information content (AvgIpc) is 3.18. The number of carbonyl (C=O) groups excluding carboxylic acids is 1. The molecule has 0 atom stereocenters. The van der Waals surface area contributed by atoms with Crippen LogP contribution in [0.25, 0.3) is 0 Å². The van der Waals surface area contributed by atoms with Crippen molar-refractivity contribution in [2.75, 3.05) is 13.7 Å². The van der Waals surface area contributed by atoms with Gasteiger partial charge in [-0.05, 0) is 86.1 Å². The molecule has 4 fully saturated rings. The van der Waals surface area contributed by atoms with Crippen LogP contribution in [0.2, 0.25) is 0 Å². The maximum Gasteiger partial charge on any atom is 0.318 e. The van der Waals surface area contributed by atoms with Gasteiger partial charge >= 0.3 is 6.03 Å². The second-order valence-corrected chi connectivity index (χ2v) is 10.3. The average molecular weight is 434 g/mol. The van der Waals surface area contributed by atoms with E-state index in [0.29, 0.717) is 13.1 Å². The quantitative estimate of drug-likeness (QED) is 0.581. The Morgan fingerprint density at radius 1 is 1.19 bits per heavy atom. The molecule has 1 aromatic heterocycles. The first kappa shape index (κ1) is 21.2. The molecule has 32 heavy (non-hydrogen) atoms. The van der Waals surface area contributed by atoms with Gasteiger partial charge in [-0.15, -0.1) is 6.58 Å². The maximum absolute atomic E-state index is 13.4. The summed E-state index contributed by atoms with van der Waals surface area (Å²) in [6, 6.07) is 12.4. The minimum Gasteiger partial charge on any atom is -0.497 e. The molecule has 0 saturated heterocycles. The Balaban J connectivity index is 1.28. The fourth-order valence-electron chi connectivity index (χ4n) is 6.86. The molecule has 1 heterocycles. The van der Waals surface area contributed by atoms with E-state index in [2.05, 4.69) is 46.9 Å². The molecule has 0 aliphatic heterocycles. The number of carbonyl (C=O) groups is 1.